The van der Waals surface area contributed by atoms with Crippen LogP contribution in [0.2, 0.25) is 0 Å². The molecule has 0 aliphatic carbocycles. The van der Waals surface area contributed by atoms with Crippen LogP contribution in [0, 0.1) is 23.9 Å². The van der Waals surface area contributed by atoms with Crippen molar-refractivity contribution < 1.29 is 4.74 Å². The van der Waals surface area contributed by atoms with Crippen molar-refractivity contribution in [3.05, 3.63) is 29.8 Å². The highest BCUT2D eigenvalue weighted by molar-refractivity contribution is 5.31. The van der Waals surface area contributed by atoms with Crippen molar-refractivity contribution in [1.29, 1.82) is 0 Å². The monoisotopic (exact) mass is 198 g/mol. The van der Waals surface area contributed by atoms with Crippen molar-refractivity contribution >= 4 is 0 Å². The Labute approximate surface area is 91.5 Å². The smallest absolute Gasteiger partial charge is 0.140 e. The fourth-order valence-electron chi connectivity index (χ4n) is 1.09. The average molecular weight is 198 g/mol. The maximum Gasteiger partial charge on any atom is 0.140 e. The molecule has 0 N–H and O–H groups in total. The summed E-state index contributed by atoms with van der Waals surface area (Å²) in [6, 6.07) is 7.94. The molecule has 1 heteroatoms. The molecule has 0 aromatic heterocycles. The first-order valence-electron chi connectivity index (χ1n) is 4.92. The van der Waals surface area contributed by atoms with Crippen LogP contribution in [-0.4, -0.2) is 0 Å². The van der Waals surface area contributed by atoms with Gasteiger partial charge in [0.15, 0.2) is 0 Å². The lowest BCUT2D eigenvalue weighted by molar-refractivity contribution is 0.519. The van der Waals surface area contributed by atoms with Crippen LogP contribution in [0.5, 0.6) is 5.75 Å². The first-order chi connectivity index (χ1) is 7.24. The first-order valence-corrected chi connectivity index (χ1v) is 4.92. The molecule has 0 fully saturated rings. The molecule has 1 nitrogen and oxygen atoms in total. The third-order valence-corrected chi connectivity index (χ3v) is 1.95. The van der Waals surface area contributed by atoms with E-state index in [9.17, 15) is 0 Å². The molecule has 0 saturated carbocycles. The Kier molecular flexibility index (Phi) is 4.32. The Morgan fingerprint density at radius 3 is 2.27 bits per heavy atom. The van der Waals surface area contributed by atoms with Crippen molar-refractivity contribution in [3.8, 4) is 29.6 Å². The summed E-state index contributed by atoms with van der Waals surface area (Å²) in [7, 11) is 0. The Morgan fingerprint density at radius 1 is 1.07 bits per heavy atom. The molecule has 1 rings (SSSR count). The third-order valence-electron chi connectivity index (χ3n) is 1.95. The fourth-order valence-corrected chi connectivity index (χ4v) is 1.09. The summed E-state index contributed by atoms with van der Waals surface area (Å²) < 4.78 is 5.18. The zero-order valence-corrected chi connectivity index (χ0v) is 9.29. The van der Waals surface area contributed by atoms with Crippen molar-refractivity contribution in [2.24, 2.45) is 0 Å². The van der Waals surface area contributed by atoms with Gasteiger partial charge in [0.05, 0.1) is 0 Å². The largest absolute Gasteiger partial charge is 0.407 e. The Balaban J connectivity index is 2.65. The van der Waals surface area contributed by atoms with Gasteiger partial charge >= 0.3 is 0 Å². The minimum atomic E-state index is 0.538. The van der Waals surface area contributed by atoms with Gasteiger partial charge in [-0.05, 0) is 36.5 Å². The van der Waals surface area contributed by atoms with E-state index in [1.165, 1.54) is 5.56 Å². The molecular formula is C14H14O. The lowest BCUT2D eigenvalue weighted by Gasteiger charge is -2.04. The predicted molar refractivity (Wildman–Crippen MR) is 62.4 cm³/mol. The molecule has 0 aliphatic heterocycles. The minimum Gasteiger partial charge on any atom is -0.407 e. The van der Waals surface area contributed by atoms with E-state index in [4.69, 9.17) is 4.74 Å². The van der Waals surface area contributed by atoms with Crippen LogP contribution in [0.25, 0.3) is 0 Å². The topological polar surface area (TPSA) is 9.23 Å². The summed E-state index contributed by atoms with van der Waals surface area (Å²) in [4.78, 5) is 0. The van der Waals surface area contributed by atoms with E-state index in [2.05, 4.69) is 37.7 Å². The highest BCUT2D eigenvalue weighted by Gasteiger charge is 1.98. The standard InChI is InChI=1S/C14H14O/c1-4-5-6-11-15-14-9-7-13(8-10-14)12(2)3/h7-10,12H,1-3H3. The van der Waals surface area contributed by atoms with Gasteiger partial charge in [0, 0.05) is 5.92 Å². The molecule has 0 unspecified atom stereocenters. The average Bonchev–Trinajstić information content (AvgIpc) is 2.25. The Morgan fingerprint density at radius 2 is 1.73 bits per heavy atom. The maximum absolute atomic E-state index is 5.18. The van der Waals surface area contributed by atoms with E-state index in [1.807, 2.05) is 24.3 Å². The summed E-state index contributed by atoms with van der Waals surface area (Å²) in [6.45, 7) is 6.06. The predicted octanol–water partition coefficient (Wildman–Crippen LogP) is 3.17. The molecule has 0 amide bonds. The quantitative estimate of drug-likeness (QED) is 0.663. The minimum absolute atomic E-state index is 0.538. The van der Waals surface area contributed by atoms with Crippen LogP contribution in [0.15, 0.2) is 24.3 Å². The van der Waals surface area contributed by atoms with Crippen LogP contribution in [0.3, 0.4) is 0 Å². The number of benzene rings is 1. The molecule has 0 spiro atoms. The van der Waals surface area contributed by atoms with Crippen LogP contribution in [0.4, 0.5) is 0 Å². The molecule has 15 heavy (non-hydrogen) atoms. The lowest BCUT2D eigenvalue weighted by Crippen LogP contribution is -1.87. The number of rotatable bonds is 2. The van der Waals surface area contributed by atoms with Gasteiger partial charge in [-0.2, -0.15) is 0 Å². The lowest BCUT2D eigenvalue weighted by atomic mass is 10.0. The van der Waals surface area contributed by atoms with Crippen molar-refractivity contribution in [2.75, 3.05) is 0 Å². The Bertz CT molecular complexity index is 418. The highest BCUT2D eigenvalue weighted by Crippen LogP contribution is 2.18. The van der Waals surface area contributed by atoms with E-state index in [1.54, 1.807) is 6.92 Å². The van der Waals surface area contributed by atoms with Gasteiger partial charge in [0.25, 0.3) is 0 Å². The second kappa shape index (κ2) is 5.78. The summed E-state index contributed by atoms with van der Waals surface area (Å²) in [5.74, 6) is 9.17. The maximum atomic E-state index is 5.18. The number of hydrogen-bond donors (Lipinski definition) is 0. The molecule has 76 valence electrons. The van der Waals surface area contributed by atoms with E-state index in [-0.39, 0.29) is 0 Å². The molecule has 1 aromatic rings. The fraction of sp³-hybridized carbons (Fsp3) is 0.286. The molecule has 1 aromatic carbocycles. The zero-order chi connectivity index (χ0) is 11.1. The zero-order valence-electron chi connectivity index (χ0n) is 9.29. The molecule has 0 heterocycles. The van der Waals surface area contributed by atoms with E-state index in [0.29, 0.717) is 5.92 Å². The van der Waals surface area contributed by atoms with Crippen LogP contribution in [0.1, 0.15) is 32.3 Å². The third kappa shape index (κ3) is 3.79. The van der Waals surface area contributed by atoms with Gasteiger partial charge in [-0.1, -0.05) is 31.9 Å². The summed E-state index contributed by atoms with van der Waals surface area (Å²) in [5, 5.41) is 0. The Hall–Kier alpha value is -1.86. The molecule has 0 saturated heterocycles. The van der Waals surface area contributed by atoms with Gasteiger partial charge in [0.2, 0.25) is 0 Å². The van der Waals surface area contributed by atoms with Gasteiger partial charge in [-0.15, -0.1) is 0 Å². The first kappa shape index (κ1) is 11.2. The van der Waals surface area contributed by atoms with Crippen LogP contribution >= 0.6 is 0 Å². The summed E-state index contributed by atoms with van der Waals surface area (Å²) >= 11 is 0. The van der Waals surface area contributed by atoms with Crippen LogP contribution < -0.4 is 4.74 Å². The van der Waals surface area contributed by atoms with E-state index in [0.717, 1.165) is 5.75 Å². The van der Waals surface area contributed by atoms with Crippen LogP contribution in [-0.2, 0) is 0 Å². The summed E-state index contributed by atoms with van der Waals surface area (Å²) in [6.07, 6.45) is 2.53. The van der Waals surface area contributed by atoms with E-state index >= 15 is 0 Å². The van der Waals surface area contributed by atoms with Crippen molar-refractivity contribution in [2.45, 2.75) is 26.7 Å². The highest BCUT2D eigenvalue weighted by atomic mass is 16.5. The molecule has 0 bridgehead atoms. The number of hydrogen-bond acceptors (Lipinski definition) is 1. The molecule has 0 aliphatic rings. The molecule has 0 radical (unpaired) electrons. The summed E-state index contributed by atoms with van der Waals surface area (Å²) in [5.41, 5.74) is 1.30. The van der Waals surface area contributed by atoms with Crippen molar-refractivity contribution in [3.63, 3.8) is 0 Å². The van der Waals surface area contributed by atoms with Gasteiger partial charge in [-0.25, -0.2) is 0 Å². The molecule has 0 atom stereocenters. The second-order valence-electron chi connectivity index (χ2n) is 3.43. The second-order valence-corrected chi connectivity index (χ2v) is 3.43. The normalized spacial score (nSPS) is 8.53. The SMILES string of the molecule is CC#CC#COc1ccc(C(C)C)cc1. The number of ether oxygens (including phenoxy) is 1. The van der Waals surface area contributed by atoms with Crippen molar-refractivity contribution in [1.82, 2.24) is 0 Å². The molecular weight excluding hydrogens is 184 g/mol. The van der Waals surface area contributed by atoms with E-state index < -0.39 is 0 Å². The van der Waals surface area contributed by atoms with Gasteiger partial charge < -0.3 is 4.74 Å². The van der Waals surface area contributed by atoms with Gasteiger partial charge in [0.1, 0.15) is 11.9 Å². The van der Waals surface area contributed by atoms with Gasteiger partial charge in [-0.3, -0.25) is 0 Å².